The molecule has 2 heterocycles. The molecule has 0 aliphatic carbocycles. The highest BCUT2D eigenvalue weighted by Gasteiger charge is 2.26. The highest BCUT2D eigenvalue weighted by molar-refractivity contribution is 6.41. The molecule has 1 amide bonds. The number of halogens is 2. The summed E-state index contributed by atoms with van der Waals surface area (Å²) in [7, 11) is 1.71. The zero-order valence-electron chi connectivity index (χ0n) is 11.8. The van der Waals surface area contributed by atoms with Gasteiger partial charge < -0.3 is 14.6 Å². The van der Waals surface area contributed by atoms with Crippen molar-refractivity contribution in [1.82, 2.24) is 9.47 Å². The minimum absolute atomic E-state index is 0.0806. The lowest BCUT2D eigenvalue weighted by Crippen LogP contribution is -2.39. The quantitative estimate of drug-likeness (QED) is 0.921. The standard InChI is InChI=1S/C14H18Cl2N2O3/c1-17-11(8-10(15)13(17)16)14(21)18-6-4-9(5-7-18)2-3-12(19)20/h8-9H,2-7H2,1H3,(H,19,20). The van der Waals surface area contributed by atoms with Crippen LogP contribution in [0.2, 0.25) is 10.2 Å². The van der Waals surface area contributed by atoms with E-state index >= 15 is 0 Å². The Balaban J connectivity index is 1.94. The number of amides is 1. The van der Waals surface area contributed by atoms with Gasteiger partial charge in [-0.25, -0.2) is 0 Å². The van der Waals surface area contributed by atoms with Gasteiger partial charge in [-0.15, -0.1) is 0 Å². The topological polar surface area (TPSA) is 62.5 Å². The van der Waals surface area contributed by atoms with Crippen LogP contribution in [0.4, 0.5) is 0 Å². The molecule has 21 heavy (non-hydrogen) atoms. The first kappa shape index (κ1) is 16.2. The molecule has 1 saturated heterocycles. The van der Waals surface area contributed by atoms with Crippen LogP contribution in [0.3, 0.4) is 0 Å². The molecular formula is C14H18Cl2N2O3. The van der Waals surface area contributed by atoms with E-state index < -0.39 is 5.97 Å². The van der Waals surface area contributed by atoms with Crippen LogP contribution >= 0.6 is 23.2 Å². The van der Waals surface area contributed by atoms with Crippen molar-refractivity contribution in [2.45, 2.75) is 25.7 Å². The SMILES string of the molecule is Cn1c(C(=O)N2CCC(CCC(=O)O)CC2)cc(Cl)c1Cl. The maximum Gasteiger partial charge on any atom is 0.303 e. The molecular weight excluding hydrogens is 315 g/mol. The van der Waals surface area contributed by atoms with Gasteiger partial charge in [0.25, 0.3) is 5.91 Å². The summed E-state index contributed by atoms with van der Waals surface area (Å²) in [5.74, 6) is -0.463. The number of hydrogen-bond donors (Lipinski definition) is 1. The van der Waals surface area contributed by atoms with Gasteiger partial charge in [0.1, 0.15) is 10.8 Å². The number of carbonyl (C=O) groups excluding carboxylic acids is 1. The Morgan fingerprint density at radius 2 is 1.95 bits per heavy atom. The Labute approximate surface area is 133 Å². The second kappa shape index (κ2) is 6.71. The summed E-state index contributed by atoms with van der Waals surface area (Å²) in [5.41, 5.74) is 0.481. The molecule has 5 nitrogen and oxygen atoms in total. The predicted molar refractivity (Wildman–Crippen MR) is 80.9 cm³/mol. The van der Waals surface area contributed by atoms with Crippen LogP contribution in [-0.4, -0.2) is 39.5 Å². The van der Waals surface area contributed by atoms with Gasteiger partial charge in [0.2, 0.25) is 0 Å². The third kappa shape index (κ3) is 3.71. The number of rotatable bonds is 4. The van der Waals surface area contributed by atoms with E-state index in [0.29, 0.717) is 41.3 Å². The summed E-state index contributed by atoms with van der Waals surface area (Å²) < 4.78 is 1.59. The van der Waals surface area contributed by atoms with Gasteiger partial charge in [0.05, 0.1) is 5.02 Å². The fourth-order valence-corrected chi connectivity index (χ4v) is 3.04. The number of aliphatic carboxylic acids is 1. The number of aromatic nitrogens is 1. The minimum Gasteiger partial charge on any atom is -0.481 e. The van der Waals surface area contributed by atoms with E-state index in [0.717, 1.165) is 12.8 Å². The Hall–Kier alpha value is -1.20. The van der Waals surface area contributed by atoms with Gasteiger partial charge in [0, 0.05) is 26.6 Å². The highest BCUT2D eigenvalue weighted by Crippen LogP contribution is 2.28. The molecule has 0 atom stereocenters. The number of likely N-dealkylation sites (tertiary alicyclic amines) is 1. The van der Waals surface area contributed by atoms with Crippen molar-refractivity contribution in [2.75, 3.05) is 13.1 Å². The number of piperidine rings is 1. The zero-order valence-corrected chi connectivity index (χ0v) is 13.3. The monoisotopic (exact) mass is 332 g/mol. The number of hydrogen-bond acceptors (Lipinski definition) is 2. The molecule has 1 aromatic rings. The lowest BCUT2D eigenvalue weighted by molar-refractivity contribution is -0.137. The van der Waals surface area contributed by atoms with Crippen molar-refractivity contribution in [3.63, 3.8) is 0 Å². The highest BCUT2D eigenvalue weighted by atomic mass is 35.5. The molecule has 0 bridgehead atoms. The average molecular weight is 333 g/mol. The molecule has 1 aliphatic heterocycles. The Morgan fingerprint density at radius 1 is 1.33 bits per heavy atom. The zero-order chi connectivity index (χ0) is 15.6. The fourth-order valence-electron chi connectivity index (χ4n) is 2.66. The summed E-state index contributed by atoms with van der Waals surface area (Å²) in [6.07, 6.45) is 2.55. The maximum atomic E-state index is 12.5. The molecule has 0 aromatic carbocycles. The van der Waals surface area contributed by atoms with Gasteiger partial charge in [-0.2, -0.15) is 0 Å². The van der Waals surface area contributed by atoms with Crippen molar-refractivity contribution < 1.29 is 14.7 Å². The second-order valence-electron chi connectivity index (χ2n) is 5.40. The fraction of sp³-hybridized carbons (Fsp3) is 0.571. The van der Waals surface area contributed by atoms with Crippen molar-refractivity contribution in [2.24, 2.45) is 13.0 Å². The molecule has 2 rings (SSSR count). The lowest BCUT2D eigenvalue weighted by atomic mass is 9.92. The van der Waals surface area contributed by atoms with E-state index in [2.05, 4.69) is 0 Å². The van der Waals surface area contributed by atoms with Crippen molar-refractivity contribution in [3.05, 3.63) is 21.9 Å². The van der Waals surface area contributed by atoms with Gasteiger partial charge in [-0.1, -0.05) is 23.2 Å². The third-order valence-corrected chi connectivity index (χ3v) is 4.85. The first-order valence-corrected chi connectivity index (χ1v) is 7.67. The second-order valence-corrected chi connectivity index (χ2v) is 6.16. The number of carbonyl (C=O) groups is 2. The summed E-state index contributed by atoms with van der Waals surface area (Å²) in [6.45, 7) is 1.28. The summed E-state index contributed by atoms with van der Waals surface area (Å²) in [4.78, 5) is 24.8. The summed E-state index contributed by atoms with van der Waals surface area (Å²) in [6, 6.07) is 1.59. The van der Waals surface area contributed by atoms with Gasteiger partial charge in [-0.05, 0) is 31.2 Å². The largest absolute Gasteiger partial charge is 0.481 e. The average Bonchev–Trinajstić information content (AvgIpc) is 2.72. The van der Waals surface area contributed by atoms with Crippen molar-refractivity contribution in [3.8, 4) is 0 Å². The minimum atomic E-state index is -0.762. The van der Waals surface area contributed by atoms with Gasteiger partial charge in [-0.3, -0.25) is 9.59 Å². The molecule has 1 fully saturated rings. The van der Waals surface area contributed by atoms with Crippen LogP contribution in [0.5, 0.6) is 0 Å². The van der Waals surface area contributed by atoms with Crippen LogP contribution in [0, 0.1) is 5.92 Å². The third-order valence-electron chi connectivity index (χ3n) is 4.00. The van der Waals surface area contributed by atoms with Crippen LogP contribution < -0.4 is 0 Å². The Morgan fingerprint density at radius 3 is 2.43 bits per heavy atom. The molecule has 0 unspecified atom stereocenters. The Kier molecular flexibility index (Phi) is 5.17. The van der Waals surface area contributed by atoms with Gasteiger partial charge >= 0.3 is 5.97 Å². The molecule has 0 saturated carbocycles. The summed E-state index contributed by atoms with van der Waals surface area (Å²) >= 11 is 11.9. The van der Waals surface area contributed by atoms with E-state index in [1.165, 1.54) is 0 Å². The van der Waals surface area contributed by atoms with Crippen molar-refractivity contribution in [1.29, 1.82) is 0 Å². The lowest BCUT2D eigenvalue weighted by Gasteiger charge is -2.31. The van der Waals surface area contributed by atoms with E-state index in [4.69, 9.17) is 28.3 Å². The number of carboxylic acid groups (broad SMARTS) is 1. The van der Waals surface area contributed by atoms with Crippen LogP contribution in [0.1, 0.15) is 36.2 Å². The number of carboxylic acids is 1. The van der Waals surface area contributed by atoms with Crippen LogP contribution in [0.15, 0.2) is 6.07 Å². The van der Waals surface area contributed by atoms with Crippen molar-refractivity contribution >= 4 is 35.1 Å². The molecule has 116 valence electrons. The normalized spacial score (nSPS) is 16.2. The maximum absolute atomic E-state index is 12.5. The summed E-state index contributed by atoms with van der Waals surface area (Å²) in [5, 5.41) is 9.43. The molecule has 0 radical (unpaired) electrons. The molecule has 1 N–H and O–H groups in total. The van der Waals surface area contributed by atoms with E-state index in [1.807, 2.05) is 0 Å². The van der Waals surface area contributed by atoms with E-state index in [9.17, 15) is 9.59 Å². The molecule has 1 aromatic heterocycles. The first-order valence-electron chi connectivity index (χ1n) is 6.92. The van der Waals surface area contributed by atoms with E-state index in [-0.39, 0.29) is 12.3 Å². The molecule has 0 spiro atoms. The predicted octanol–water partition coefficient (Wildman–Crippen LogP) is 3.05. The smallest absolute Gasteiger partial charge is 0.303 e. The number of nitrogens with zero attached hydrogens (tertiary/aromatic N) is 2. The van der Waals surface area contributed by atoms with Gasteiger partial charge in [0.15, 0.2) is 0 Å². The molecule has 1 aliphatic rings. The van der Waals surface area contributed by atoms with E-state index in [1.54, 1.807) is 22.6 Å². The van der Waals surface area contributed by atoms with Crippen LogP contribution in [-0.2, 0) is 11.8 Å². The van der Waals surface area contributed by atoms with Crippen LogP contribution in [0.25, 0.3) is 0 Å². The molecule has 7 heteroatoms. The Bertz CT molecular complexity index is 549. The first-order chi connectivity index (χ1) is 9.90.